The molecule has 3 heterocycles. The van der Waals surface area contributed by atoms with Gasteiger partial charge in [-0.05, 0) is 42.7 Å². The number of benzene rings is 2. The largest absolute Gasteiger partial charge is 0.508 e. The van der Waals surface area contributed by atoms with Crippen molar-refractivity contribution in [1.82, 2.24) is 14.8 Å². The second-order valence-electron chi connectivity index (χ2n) is 9.04. The number of hydrogen-bond donors (Lipinski definition) is 3. The van der Waals surface area contributed by atoms with Crippen molar-refractivity contribution >= 4 is 33.1 Å². The van der Waals surface area contributed by atoms with E-state index >= 15 is 0 Å². The van der Waals surface area contributed by atoms with Gasteiger partial charge in [-0.1, -0.05) is 44.2 Å². The van der Waals surface area contributed by atoms with Crippen molar-refractivity contribution in [2.75, 3.05) is 0 Å². The molecule has 7 nitrogen and oxygen atoms in total. The van der Waals surface area contributed by atoms with Crippen molar-refractivity contribution in [2.24, 2.45) is 0 Å². The van der Waals surface area contributed by atoms with Crippen LogP contribution in [0, 0.1) is 0 Å². The summed E-state index contributed by atoms with van der Waals surface area (Å²) in [4.78, 5) is 28.8. The van der Waals surface area contributed by atoms with E-state index < -0.39 is 0 Å². The lowest BCUT2D eigenvalue weighted by Gasteiger charge is -2.21. The van der Waals surface area contributed by atoms with Gasteiger partial charge >= 0.3 is 0 Å². The molecule has 168 valence electrons. The zero-order valence-corrected chi connectivity index (χ0v) is 18.2. The summed E-state index contributed by atoms with van der Waals surface area (Å²) in [6.45, 7) is 0. The summed E-state index contributed by atoms with van der Waals surface area (Å²) in [6, 6.07) is 11.7. The van der Waals surface area contributed by atoms with E-state index in [0.29, 0.717) is 22.1 Å². The van der Waals surface area contributed by atoms with Gasteiger partial charge in [-0.3, -0.25) is 19.4 Å². The fourth-order valence-electron chi connectivity index (χ4n) is 5.28. The van der Waals surface area contributed by atoms with Crippen molar-refractivity contribution in [1.29, 1.82) is 0 Å². The third-order valence-corrected chi connectivity index (χ3v) is 6.90. The Kier molecular flexibility index (Phi) is 4.64. The van der Waals surface area contributed by atoms with Crippen molar-refractivity contribution in [3.8, 4) is 16.9 Å². The second-order valence-corrected chi connectivity index (χ2v) is 9.04. The lowest BCUT2D eigenvalue weighted by Crippen LogP contribution is -2.15. The Morgan fingerprint density at radius 1 is 0.939 bits per heavy atom. The van der Waals surface area contributed by atoms with Gasteiger partial charge in [-0.15, -0.1) is 0 Å². The maximum Gasteiger partial charge on any atom is 0.274 e. The molecule has 0 amide bonds. The summed E-state index contributed by atoms with van der Waals surface area (Å²) < 4.78 is 8.15. The average Bonchev–Trinajstić information content (AvgIpc) is 3.30. The van der Waals surface area contributed by atoms with Crippen LogP contribution in [0.25, 0.3) is 44.2 Å². The normalized spacial score (nSPS) is 15.9. The molecule has 0 aliphatic heterocycles. The lowest BCUT2D eigenvalue weighted by atomic mass is 9.96. The first-order valence-corrected chi connectivity index (χ1v) is 11.6. The molecular weight excluding hydrogens is 418 g/mol. The highest BCUT2D eigenvalue weighted by Gasteiger charge is 2.24. The minimum atomic E-state index is -0.182. The van der Waals surface area contributed by atoms with Crippen LogP contribution in [0.5, 0.6) is 5.75 Å². The van der Waals surface area contributed by atoms with E-state index in [0.717, 1.165) is 47.8 Å². The molecule has 2 aromatic carbocycles. The number of furan rings is 1. The van der Waals surface area contributed by atoms with Crippen LogP contribution < -0.4 is 11.0 Å². The average molecular weight is 444 g/mol. The quantitative estimate of drug-likeness (QED) is 0.331. The van der Waals surface area contributed by atoms with Gasteiger partial charge in [0.05, 0.1) is 16.9 Å². The first-order valence-electron chi connectivity index (χ1n) is 11.6. The summed E-state index contributed by atoms with van der Waals surface area (Å²) in [7, 11) is 0. The van der Waals surface area contributed by atoms with Crippen LogP contribution in [0.15, 0.2) is 56.5 Å². The topological polar surface area (TPSA) is 104 Å². The molecule has 0 saturated heterocycles. The van der Waals surface area contributed by atoms with E-state index in [4.69, 9.17) is 4.42 Å². The molecule has 1 saturated carbocycles. The van der Waals surface area contributed by atoms with Gasteiger partial charge in [0.15, 0.2) is 11.0 Å². The minimum Gasteiger partial charge on any atom is -0.508 e. The number of nitrogens with one attached hydrogen (secondary N) is 2. The second kappa shape index (κ2) is 7.69. The highest BCUT2D eigenvalue weighted by atomic mass is 16.3. The number of phenols is 1. The first kappa shape index (κ1) is 19.9. The van der Waals surface area contributed by atoms with Crippen LogP contribution in [0.2, 0.25) is 0 Å². The van der Waals surface area contributed by atoms with Crippen LogP contribution in [0.1, 0.15) is 51.0 Å². The minimum absolute atomic E-state index is 0.130. The number of aromatic hydroxyl groups is 1. The Labute approximate surface area is 188 Å². The first-order chi connectivity index (χ1) is 16.1. The highest BCUT2D eigenvalue weighted by Crippen LogP contribution is 2.39. The van der Waals surface area contributed by atoms with Crippen LogP contribution in [-0.2, 0) is 0 Å². The molecule has 1 fully saturated rings. The van der Waals surface area contributed by atoms with Gasteiger partial charge in [0.2, 0.25) is 0 Å². The summed E-state index contributed by atoms with van der Waals surface area (Å²) in [6.07, 6.45) is 8.03. The molecule has 7 heteroatoms. The third kappa shape index (κ3) is 3.26. The molecule has 0 unspecified atom stereocenters. The fraction of sp³-hybridized carbons (Fsp3) is 0.308. The molecule has 33 heavy (non-hydrogen) atoms. The van der Waals surface area contributed by atoms with Gasteiger partial charge in [-0.25, -0.2) is 0 Å². The number of aromatic nitrogens is 3. The van der Waals surface area contributed by atoms with E-state index in [1.165, 1.54) is 31.4 Å². The predicted molar refractivity (Wildman–Crippen MR) is 129 cm³/mol. The number of H-pyrrole nitrogens is 2. The van der Waals surface area contributed by atoms with Crippen molar-refractivity contribution < 1.29 is 9.52 Å². The fourth-order valence-corrected chi connectivity index (χ4v) is 5.28. The van der Waals surface area contributed by atoms with Crippen LogP contribution in [0.3, 0.4) is 0 Å². The molecule has 1 aliphatic carbocycles. The Balaban J connectivity index is 1.71. The molecule has 0 radical (unpaired) electrons. The van der Waals surface area contributed by atoms with E-state index in [2.05, 4.69) is 10.1 Å². The van der Waals surface area contributed by atoms with E-state index in [1.54, 1.807) is 30.3 Å². The van der Waals surface area contributed by atoms with Gasteiger partial charge in [0, 0.05) is 17.0 Å². The van der Waals surface area contributed by atoms with E-state index in [1.807, 2.05) is 4.68 Å². The Morgan fingerprint density at radius 3 is 2.42 bits per heavy atom. The predicted octanol–water partition coefficient (Wildman–Crippen LogP) is 5.58. The van der Waals surface area contributed by atoms with Crippen LogP contribution >= 0.6 is 0 Å². The number of nitrogens with zero attached hydrogens (tertiary/aromatic N) is 1. The van der Waals surface area contributed by atoms with Crippen molar-refractivity contribution in [2.45, 2.75) is 51.0 Å². The molecule has 0 atom stereocenters. The molecule has 6 rings (SSSR count). The molecule has 0 spiro atoms. The Morgan fingerprint density at radius 2 is 1.67 bits per heavy atom. The number of rotatable bonds is 2. The van der Waals surface area contributed by atoms with E-state index in [-0.39, 0.29) is 22.8 Å². The number of phenolic OH excluding ortho intramolecular Hbond substituents is 1. The van der Waals surface area contributed by atoms with Crippen LogP contribution in [0.4, 0.5) is 0 Å². The van der Waals surface area contributed by atoms with Gasteiger partial charge in [0.25, 0.3) is 5.56 Å². The Hall–Kier alpha value is -3.74. The monoisotopic (exact) mass is 443 g/mol. The van der Waals surface area contributed by atoms with Crippen LogP contribution in [-0.4, -0.2) is 19.9 Å². The van der Waals surface area contributed by atoms with Crippen molar-refractivity contribution in [3.63, 3.8) is 0 Å². The van der Waals surface area contributed by atoms with Crippen molar-refractivity contribution in [3.05, 3.63) is 63.0 Å². The number of aromatic amines is 2. The summed E-state index contributed by atoms with van der Waals surface area (Å²) >= 11 is 0. The maximum atomic E-state index is 13.3. The molecule has 3 N–H and O–H groups in total. The van der Waals surface area contributed by atoms with E-state index in [9.17, 15) is 14.7 Å². The zero-order chi connectivity index (χ0) is 22.5. The lowest BCUT2D eigenvalue weighted by molar-refractivity contribution is 0.353. The summed E-state index contributed by atoms with van der Waals surface area (Å²) in [5, 5.41) is 14.2. The van der Waals surface area contributed by atoms with Gasteiger partial charge < -0.3 is 14.5 Å². The summed E-state index contributed by atoms with van der Waals surface area (Å²) in [5.41, 5.74) is 3.60. The SMILES string of the molecule is O=c1ccc2c(c1)oc1c(-c3ccc(O)cc3)c3c(=O)[nH]n(C4CCCCCCC4)c3[nH]c12. The highest BCUT2D eigenvalue weighted by molar-refractivity contribution is 6.14. The third-order valence-electron chi connectivity index (χ3n) is 6.90. The Bertz CT molecular complexity index is 1590. The van der Waals surface area contributed by atoms with Gasteiger partial charge in [0.1, 0.15) is 17.0 Å². The number of hydrogen-bond acceptors (Lipinski definition) is 4. The maximum absolute atomic E-state index is 13.3. The molecule has 5 aromatic rings. The molecule has 1 aliphatic rings. The van der Waals surface area contributed by atoms with Gasteiger partial charge in [-0.2, -0.15) is 0 Å². The standard InChI is InChI=1S/C26H25N3O4/c30-17-10-8-15(9-11-17)21-22-25(27-23-19-13-12-18(31)14-20(19)33-24(21)23)29(28-26(22)32)16-6-4-2-1-3-5-7-16/h8-14,16,27,30H,1-7H2,(H,28,32). The smallest absolute Gasteiger partial charge is 0.274 e. The number of pyridine rings is 1. The summed E-state index contributed by atoms with van der Waals surface area (Å²) in [5.74, 6) is 0.148. The molecular formula is C26H25N3O4. The number of fused-ring (bicyclic) bond motifs is 4. The molecule has 3 aromatic heterocycles. The molecule has 0 bridgehead atoms. The zero-order valence-electron chi connectivity index (χ0n) is 18.2.